The molecule has 0 aliphatic carbocycles. The fraction of sp³-hybridized carbons (Fsp3) is 0.240. The Hall–Kier alpha value is -2.91. The van der Waals surface area contributed by atoms with E-state index in [0.717, 1.165) is 11.1 Å². The van der Waals surface area contributed by atoms with E-state index in [2.05, 4.69) is 5.32 Å². The summed E-state index contributed by atoms with van der Waals surface area (Å²) >= 11 is 5.97. The SMILES string of the molecule is C[C@H](Cc1ccc(S(=O)(=O)c2cccc(OCC(=O)O)c2)cc1)NC[C@@H](O)c1cccc(Cl)c1. The van der Waals surface area contributed by atoms with Gasteiger partial charge in [-0.05, 0) is 66.9 Å². The molecule has 0 radical (unpaired) electrons. The Morgan fingerprint density at radius 2 is 1.74 bits per heavy atom. The number of rotatable bonds is 11. The van der Waals surface area contributed by atoms with E-state index in [0.29, 0.717) is 18.0 Å². The maximum absolute atomic E-state index is 13.0. The Bertz CT molecular complexity index is 1230. The Balaban J connectivity index is 1.60. The second-order valence-electron chi connectivity index (χ2n) is 7.89. The lowest BCUT2D eigenvalue weighted by molar-refractivity contribution is -0.139. The Morgan fingerprint density at radius 3 is 2.41 bits per heavy atom. The smallest absolute Gasteiger partial charge is 0.341 e. The summed E-state index contributed by atoms with van der Waals surface area (Å²) in [4.78, 5) is 10.8. The van der Waals surface area contributed by atoms with Crippen LogP contribution in [-0.2, 0) is 21.1 Å². The van der Waals surface area contributed by atoms with Gasteiger partial charge < -0.3 is 20.3 Å². The number of ether oxygens (including phenoxy) is 1. The lowest BCUT2D eigenvalue weighted by Gasteiger charge is -2.18. The number of benzene rings is 3. The number of nitrogens with one attached hydrogen (secondary N) is 1. The van der Waals surface area contributed by atoms with Crippen LogP contribution in [0.3, 0.4) is 0 Å². The second-order valence-corrected chi connectivity index (χ2v) is 10.3. The third-order valence-corrected chi connectivity index (χ3v) is 7.15. The van der Waals surface area contributed by atoms with E-state index in [-0.39, 0.29) is 21.6 Å². The van der Waals surface area contributed by atoms with Crippen molar-refractivity contribution < 1.29 is 28.2 Å². The highest BCUT2D eigenvalue weighted by molar-refractivity contribution is 7.91. The molecule has 7 nitrogen and oxygen atoms in total. The zero-order valence-corrected chi connectivity index (χ0v) is 20.1. The van der Waals surface area contributed by atoms with E-state index < -0.39 is 28.5 Å². The molecule has 0 spiro atoms. The summed E-state index contributed by atoms with van der Waals surface area (Å²) in [7, 11) is -3.79. The largest absolute Gasteiger partial charge is 0.482 e. The van der Waals surface area contributed by atoms with Crippen molar-refractivity contribution in [3.63, 3.8) is 0 Å². The number of aliphatic hydroxyl groups excluding tert-OH is 1. The number of sulfone groups is 1. The molecule has 3 aromatic rings. The quantitative estimate of drug-likeness (QED) is 0.364. The first-order chi connectivity index (χ1) is 16.1. The van der Waals surface area contributed by atoms with Crippen LogP contribution < -0.4 is 10.1 Å². The Kier molecular flexibility index (Phi) is 8.68. The predicted octanol–water partition coefficient (Wildman–Crippen LogP) is 3.89. The summed E-state index contributed by atoms with van der Waals surface area (Å²) in [6.45, 7) is 1.78. The van der Waals surface area contributed by atoms with E-state index >= 15 is 0 Å². The van der Waals surface area contributed by atoms with Gasteiger partial charge in [0.25, 0.3) is 0 Å². The van der Waals surface area contributed by atoms with Gasteiger partial charge in [0.2, 0.25) is 9.84 Å². The summed E-state index contributed by atoms with van der Waals surface area (Å²) in [5.41, 5.74) is 1.67. The van der Waals surface area contributed by atoms with Gasteiger partial charge in [-0.15, -0.1) is 0 Å². The molecular weight excluding hydrogens is 478 g/mol. The summed E-state index contributed by atoms with van der Waals surface area (Å²) in [6, 6.07) is 19.5. The Labute approximate surface area is 203 Å². The van der Waals surface area contributed by atoms with Gasteiger partial charge in [-0.2, -0.15) is 0 Å². The van der Waals surface area contributed by atoms with Crippen molar-refractivity contribution in [1.82, 2.24) is 5.32 Å². The van der Waals surface area contributed by atoms with Crippen LogP contribution in [-0.4, -0.2) is 43.8 Å². The minimum atomic E-state index is -3.79. The molecule has 0 aliphatic heterocycles. The molecule has 3 rings (SSSR count). The molecule has 0 aromatic heterocycles. The average Bonchev–Trinajstić information content (AvgIpc) is 2.81. The number of carboxylic acid groups (broad SMARTS) is 1. The van der Waals surface area contributed by atoms with Gasteiger partial charge in [0.15, 0.2) is 6.61 Å². The van der Waals surface area contributed by atoms with E-state index in [1.807, 2.05) is 13.0 Å². The van der Waals surface area contributed by atoms with E-state index in [4.69, 9.17) is 21.4 Å². The lowest BCUT2D eigenvalue weighted by atomic mass is 10.1. The Morgan fingerprint density at radius 1 is 1.03 bits per heavy atom. The fourth-order valence-corrected chi connectivity index (χ4v) is 4.88. The summed E-state index contributed by atoms with van der Waals surface area (Å²) in [5.74, 6) is -0.980. The van der Waals surface area contributed by atoms with Crippen LogP contribution in [0.2, 0.25) is 5.02 Å². The molecule has 2 atom stereocenters. The number of hydrogen-bond donors (Lipinski definition) is 3. The van der Waals surface area contributed by atoms with Gasteiger partial charge >= 0.3 is 5.97 Å². The molecular formula is C25H26ClNO6S. The fourth-order valence-electron chi connectivity index (χ4n) is 3.39. The lowest BCUT2D eigenvalue weighted by Crippen LogP contribution is -2.32. The molecule has 0 aliphatic rings. The van der Waals surface area contributed by atoms with Crippen molar-refractivity contribution >= 4 is 27.4 Å². The van der Waals surface area contributed by atoms with Crippen molar-refractivity contribution in [3.8, 4) is 5.75 Å². The van der Waals surface area contributed by atoms with Gasteiger partial charge in [-0.25, -0.2) is 13.2 Å². The molecule has 0 fully saturated rings. The van der Waals surface area contributed by atoms with Gasteiger partial charge in [-0.1, -0.05) is 41.9 Å². The second kappa shape index (κ2) is 11.5. The summed E-state index contributed by atoms with van der Waals surface area (Å²) in [6.07, 6.45) is -0.0508. The van der Waals surface area contributed by atoms with Crippen LogP contribution in [0, 0.1) is 0 Å². The van der Waals surface area contributed by atoms with Crippen LogP contribution >= 0.6 is 11.6 Å². The van der Waals surface area contributed by atoms with E-state index in [9.17, 15) is 18.3 Å². The first kappa shape index (κ1) is 25.7. The molecule has 0 unspecified atom stereocenters. The first-order valence-electron chi connectivity index (χ1n) is 10.6. The van der Waals surface area contributed by atoms with Crippen LogP contribution in [0.15, 0.2) is 82.6 Å². The maximum atomic E-state index is 13.0. The number of carboxylic acids is 1. The van der Waals surface area contributed by atoms with Crippen molar-refractivity contribution in [3.05, 3.63) is 88.9 Å². The molecule has 0 bridgehead atoms. The van der Waals surface area contributed by atoms with Crippen LogP contribution in [0.4, 0.5) is 0 Å². The molecule has 180 valence electrons. The van der Waals surface area contributed by atoms with Gasteiger partial charge in [0, 0.05) is 17.6 Å². The molecule has 0 amide bonds. The number of aliphatic carboxylic acids is 1. The topological polar surface area (TPSA) is 113 Å². The van der Waals surface area contributed by atoms with Gasteiger partial charge in [0.05, 0.1) is 15.9 Å². The summed E-state index contributed by atoms with van der Waals surface area (Å²) < 4.78 is 31.0. The van der Waals surface area contributed by atoms with Crippen LogP contribution in [0.25, 0.3) is 0 Å². The normalized spacial score (nSPS) is 13.3. The van der Waals surface area contributed by atoms with Crippen molar-refractivity contribution in [1.29, 1.82) is 0 Å². The van der Waals surface area contributed by atoms with Gasteiger partial charge in [-0.3, -0.25) is 0 Å². The highest BCUT2D eigenvalue weighted by atomic mass is 35.5. The third-order valence-electron chi connectivity index (χ3n) is 5.15. The summed E-state index contributed by atoms with van der Waals surface area (Å²) in [5, 5.41) is 22.9. The molecule has 0 heterocycles. The highest BCUT2D eigenvalue weighted by Crippen LogP contribution is 2.25. The maximum Gasteiger partial charge on any atom is 0.341 e. The average molecular weight is 504 g/mol. The van der Waals surface area contributed by atoms with E-state index in [1.54, 1.807) is 42.5 Å². The van der Waals surface area contributed by atoms with Crippen molar-refractivity contribution in [2.75, 3.05) is 13.2 Å². The number of hydrogen-bond acceptors (Lipinski definition) is 6. The number of aliphatic hydroxyl groups is 1. The molecule has 0 saturated heterocycles. The van der Waals surface area contributed by atoms with Crippen molar-refractivity contribution in [2.24, 2.45) is 0 Å². The number of halogens is 1. The molecule has 0 saturated carbocycles. The first-order valence-corrected chi connectivity index (χ1v) is 12.5. The predicted molar refractivity (Wildman–Crippen MR) is 129 cm³/mol. The van der Waals surface area contributed by atoms with Crippen LogP contribution in [0.5, 0.6) is 5.75 Å². The van der Waals surface area contributed by atoms with Gasteiger partial charge in [0.1, 0.15) is 5.75 Å². The number of carbonyl (C=O) groups is 1. The standard InChI is InChI=1S/C25H26ClNO6S/c1-17(27-15-24(28)19-4-2-5-20(26)13-19)12-18-8-10-22(11-9-18)34(31,32)23-7-3-6-21(14-23)33-16-25(29)30/h2-11,13-14,17,24,27-28H,12,15-16H2,1H3,(H,29,30)/t17-,24-/m1/s1. The molecule has 3 aromatic carbocycles. The molecule has 9 heteroatoms. The zero-order chi connectivity index (χ0) is 24.7. The monoisotopic (exact) mass is 503 g/mol. The molecule has 3 N–H and O–H groups in total. The minimum Gasteiger partial charge on any atom is -0.482 e. The van der Waals surface area contributed by atoms with Crippen molar-refractivity contribution in [2.45, 2.75) is 35.3 Å². The molecule has 34 heavy (non-hydrogen) atoms. The highest BCUT2D eigenvalue weighted by Gasteiger charge is 2.19. The van der Waals surface area contributed by atoms with E-state index in [1.165, 1.54) is 24.3 Å². The minimum absolute atomic E-state index is 0.0215. The van der Waals surface area contributed by atoms with Crippen LogP contribution in [0.1, 0.15) is 24.2 Å². The zero-order valence-electron chi connectivity index (χ0n) is 18.5. The third kappa shape index (κ3) is 7.04.